The summed E-state index contributed by atoms with van der Waals surface area (Å²) in [5, 5.41) is 10.5. The van der Waals surface area contributed by atoms with E-state index in [0.29, 0.717) is 24.6 Å². The Kier molecular flexibility index (Phi) is 3.75. The summed E-state index contributed by atoms with van der Waals surface area (Å²) in [7, 11) is 0. The van der Waals surface area contributed by atoms with Crippen LogP contribution in [0.1, 0.15) is 56.6 Å². The Morgan fingerprint density at radius 1 is 1.34 bits per heavy atom. The average Bonchev–Trinajstić information content (AvgIpc) is 3.44. The van der Waals surface area contributed by atoms with E-state index >= 15 is 0 Å². The molecular formula is C24H29NO4. The number of carbonyl (C=O) groups excluding carboxylic acids is 2. The number of aromatic hydroxyl groups is 1. The van der Waals surface area contributed by atoms with E-state index in [4.69, 9.17) is 4.74 Å². The van der Waals surface area contributed by atoms with Crippen molar-refractivity contribution in [2.75, 3.05) is 13.1 Å². The fourth-order valence-corrected chi connectivity index (χ4v) is 6.98. The van der Waals surface area contributed by atoms with E-state index in [1.807, 2.05) is 13.0 Å². The van der Waals surface area contributed by atoms with Gasteiger partial charge >= 0.3 is 0 Å². The first-order valence-electron chi connectivity index (χ1n) is 11.4. The minimum absolute atomic E-state index is 0.0439. The van der Waals surface area contributed by atoms with Crippen LogP contribution < -0.4 is 4.74 Å². The van der Waals surface area contributed by atoms with Gasteiger partial charge in [-0.25, -0.2) is 0 Å². The molecule has 1 spiro atoms. The van der Waals surface area contributed by atoms with E-state index < -0.39 is 12.0 Å². The first-order valence-corrected chi connectivity index (χ1v) is 11.4. The van der Waals surface area contributed by atoms with E-state index in [1.54, 1.807) is 6.07 Å². The Morgan fingerprint density at radius 2 is 2.17 bits per heavy atom. The maximum atomic E-state index is 13.5. The summed E-state index contributed by atoms with van der Waals surface area (Å²) in [6.45, 7) is 4.11. The lowest BCUT2D eigenvalue weighted by atomic mass is 9.49. The van der Waals surface area contributed by atoms with Gasteiger partial charge in [-0.1, -0.05) is 13.0 Å². The van der Waals surface area contributed by atoms with Crippen molar-refractivity contribution >= 4 is 11.6 Å². The molecule has 5 nitrogen and oxygen atoms in total. The first kappa shape index (κ1) is 17.9. The molecule has 154 valence electrons. The molecule has 5 atom stereocenters. The third kappa shape index (κ3) is 2.31. The molecule has 2 bridgehead atoms. The maximum Gasteiger partial charge on any atom is 0.184 e. The van der Waals surface area contributed by atoms with Gasteiger partial charge in [0.15, 0.2) is 23.4 Å². The van der Waals surface area contributed by atoms with E-state index in [2.05, 4.69) is 4.90 Å². The van der Waals surface area contributed by atoms with Gasteiger partial charge < -0.3 is 9.84 Å². The van der Waals surface area contributed by atoms with Gasteiger partial charge in [-0.2, -0.15) is 0 Å². The number of Topliss-reactive ketones (excluding diaryl/α,β-unsaturated/α-hetero) is 2. The number of carbonyl (C=O) groups is 2. The van der Waals surface area contributed by atoms with Crippen LogP contribution in [0.15, 0.2) is 12.1 Å². The smallest absolute Gasteiger partial charge is 0.184 e. The number of likely N-dealkylation sites (tertiary alicyclic amines) is 1. The second-order valence-corrected chi connectivity index (χ2v) is 9.96. The van der Waals surface area contributed by atoms with Crippen molar-refractivity contribution in [3.05, 3.63) is 23.3 Å². The van der Waals surface area contributed by atoms with E-state index in [-0.39, 0.29) is 28.6 Å². The monoisotopic (exact) mass is 395 g/mol. The Morgan fingerprint density at radius 3 is 2.93 bits per heavy atom. The molecule has 5 aliphatic rings. The molecule has 1 aromatic rings. The molecule has 5 heteroatoms. The van der Waals surface area contributed by atoms with Crippen LogP contribution in [0.2, 0.25) is 0 Å². The molecule has 3 fully saturated rings. The summed E-state index contributed by atoms with van der Waals surface area (Å²) >= 11 is 0. The molecule has 1 N–H and O–H groups in total. The number of piperidine rings is 1. The predicted octanol–water partition coefficient (Wildman–Crippen LogP) is 3.01. The first-order chi connectivity index (χ1) is 14.0. The van der Waals surface area contributed by atoms with Crippen molar-refractivity contribution < 1.29 is 19.4 Å². The van der Waals surface area contributed by atoms with Crippen molar-refractivity contribution in [1.29, 1.82) is 0 Å². The van der Waals surface area contributed by atoms with Gasteiger partial charge in [0.1, 0.15) is 5.78 Å². The molecule has 0 aromatic heterocycles. The maximum absolute atomic E-state index is 13.5. The molecule has 1 saturated heterocycles. The zero-order valence-electron chi connectivity index (χ0n) is 17.0. The lowest BCUT2D eigenvalue weighted by molar-refractivity contribution is -0.151. The molecule has 2 aliphatic heterocycles. The highest BCUT2D eigenvalue weighted by Gasteiger charge is 2.68. The van der Waals surface area contributed by atoms with Crippen LogP contribution in [0.4, 0.5) is 0 Å². The zero-order chi connectivity index (χ0) is 19.9. The minimum atomic E-state index is -0.611. The molecular weight excluding hydrogens is 366 g/mol. The quantitative estimate of drug-likeness (QED) is 0.777. The number of phenols is 1. The van der Waals surface area contributed by atoms with Crippen LogP contribution in [-0.2, 0) is 21.4 Å². The number of hydrogen-bond acceptors (Lipinski definition) is 5. The third-order valence-corrected chi connectivity index (χ3v) is 8.40. The molecule has 1 aromatic carbocycles. The number of benzene rings is 1. The summed E-state index contributed by atoms with van der Waals surface area (Å²) in [5.41, 5.74) is 1.96. The topological polar surface area (TPSA) is 66.8 Å². The standard InChI is InChI=1S/C24H29NO4/c1-2-3-18(26)15-11-16-17-10-14-6-7-19(27)22-20(14)24(16,23(29-22)21(15)28)8-9-25(17)12-13-4-5-13/h6-7,13,15-17,23,27H,2-5,8-12H2,1H3/t15?,16-,17+,23?,24-/m0/s1. The molecule has 2 saturated carbocycles. The Balaban J connectivity index is 1.48. The van der Waals surface area contributed by atoms with Crippen molar-refractivity contribution in [3.63, 3.8) is 0 Å². The lowest BCUT2D eigenvalue weighted by Crippen LogP contribution is -2.68. The normalized spacial score (nSPS) is 37.2. The second-order valence-electron chi connectivity index (χ2n) is 9.96. The number of phenolic OH excluding ortho intramolecular Hbond substituents is 1. The van der Waals surface area contributed by atoms with E-state index in [9.17, 15) is 14.7 Å². The Bertz CT molecular complexity index is 906. The molecule has 0 amide bonds. The molecule has 2 heterocycles. The van der Waals surface area contributed by atoms with E-state index in [0.717, 1.165) is 43.8 Å². The summed E-state index contributed by atoms with van der Waals surface area (Å²) in [6, 6.07) is 4.11. The molecule has 6 rings (SSSR count). The van der Waals surface area contributed by atoms with Crippen LogP contribution in [0.5, 0.6) is 11.5 Å². The van der Waals surface area contributed by atoms with Crippen molar-refractivity contribution in [2.24, 2.45) is 17.8 Å². The number of nitrogens with zero attached hydrogens (tertiary/aromatic N) is 1. The van der Waals surface area contributed by atoms with Crippen LogP contribution in [0.25, 0.3) is 0 Å². The van der Waals surface area contributed by atoms with Crippen LogP contribution >= 0.6 is 0 Å². The fourth-order valence-electron chi connectivity index (χ4n) is 6.98. The van der Waals surface area contributed by atoms with Gasteiger partial charge in [0.2, 0.25) is 0 Å². The molecule has 2 unspecified atom stereocenters. The van der Waals surface area contributed by atoms with Gasteiger partial charge in [0, 0.05) is 30.0 Å². The van der Waals surface area contributed by atoms with Crippen molar-refractivity contribution in [3.8, 4) is 11.5 Å². The van der Waals surface area contributed by atoms with Crippen LogP contribution in [-0.4, -0.2) is 46.8 Å². The SMILES string of the molecule is CCCC(=O)C1C[C@H]2[C@H]3Cc4ccc(O)c5c4[C@@]2(CCN3CC2CC2)C(O5)C1=O. The Labute approximate surface area is 171 Å². The van der Waals surface area contributed by atoms with Gasteiger partial charge in [-0.3, -0.25) is 14.5 Å². The van der Waals surface area contributed by atoms with Crippen molar-refractivity contribution in [1.82, 2.24) is 4.90 Å². The van der Waals surface area contributed by atoms with Crippen LogP contribution in [0.3, 0.4) is 0 Å². The predicted molar refractivity (Wildman–Crippen MR) is 107 cm³/mol. The molecule has 0 radical (unpaired) electrons. The number of rotatable bonds is 5. The highest BCUT2D eigenvalue weighted by Crippen LogP contribution is 2.64. The second kappa shape index (κ2) is 6.07. The van der Waals surface area contributed by atoms with Gasteiger partial charge in [0.25, 0.3) is 0 Å². The zero-order valence-corrected chi connectivity index (χ0v) is 17.0. The van der Waals surface area contributed by atoms with E-state index in [1.165, 1.54) is 18.4 Å². The minimum Gasteiger partial charge on any atom is -0.504 e. The third-order valence-electron chi connectivity index (χ3n) is 8.40. The summed E-state index contributed by atoms with van der Waals surface area (Å²) in [4.78, 5) is 29.0. The molecule has 29 heavy (non-hydrogen) atoms. The summed E-state index contributed by atoms with van der Waals surface area (Å²) in [5.74, 6) is 1.21. The number of ketones is 2. The Hall–Kier alpha value is -1.88. The van der Waals surface area contributed by atoms with Gasteiger partial charge in [-0.15, -0.1) is 0 Å². The van der Waals surface area contributed by atoms with Gasteiger partial charge in [-0.05, 0) is 68.5 Å². The van der Waals surface area contributed by atoms with Crippen LogP contribution in [0, 0.1) is 17.8 Å². The lowest BCUT2D eigenvalue weighted by Gasteiger charge is -2.58. The number of hydrogen-bond donors (Lipinski definition) is 1. The summed E-state index contributed by atoms with van der Waals surface area (Å²) < 4.78 is 6.24. The molecule has 3 aliphatic carbocycles. The highest BCUT2D eigenvalue weighted by atomic mass is 16.5. The number of ether oxygens (including phenoxy) is 1. The largest absolute Gasteiger partial charge is 0.504 e. The van der Waals surface area contributed by atoms with Crippen molar-refractivity contribution in [2.45, 2.75) is 69.4 Å². The highest BCUT2D eigenvalue weighted by molar-refractivity contribution is 6.06. The summed E-state index contributed by atoms with van der Waals surface area (Å²) in [6.07, 6.45) is 5.74. The fraction of sp³-hybridized carbons (Fsp3) is 0.667. The van der Waals surface area contributed by atoms with Gasteiger partial charge in [0.05, 0.1) is 5.92 Å². The average molecular weight is 395 g/mol.